The zero-order valence-electron chi connectivity index (χ0n) is 13.6. The third-order valence-electron chi connectivity index (χ3n) is 3.91. The van der Waals surface area contributed by atoms with E-state index in [1.165, 1.54) is 30.5 Å². The van der Waals surface area contributed by atoms with E-state index in [4.69, 9.17) is 9.47 Å². The minimum absolute atomic E-state index is 0.102. The molecule has 132 valence electrons. The van der Waals surface area contributed by atoms with Gasteiger partial charge in [-0.3, -0.25) is 0 Å². The molecule has 6 nitrogen and oxygen atoms in total. The molecule has 0 amide bonds. The van der Waals surface area contributed by atoms with E-state index in [2.05, 4.69) is 15.9 Å². The predicted octanol–water partition coefficient (Wildman–Crippen LogP) is 3.15. The van der Waals surface area contributed by atoms with E-state index < -0.39 is 10.0 Å². The first-order chi connectivity index (χ1) is 11.9. The van der Waals surface area contributed by atoms with E-state index >= 15 is 0 Å². The van der Waals surface area contributed by atoms with E-state index in [-0.39, 0.29) is 11.5 Å². The molecular formula is C17H16BrNO5S. The Hall–Kier alpha value is -2.03. The van der Waals surface area contributed by atoms with Gasteiger partial charge in [-0.1, -0.05) is 0 Å². The molecule has 0 spiro atoms. The van der Waals surface area contributed by atoms with Crippen molar-refractivity contribution in [2.24, 2.45) is 0 Å². The first kappa shape index (κ1) is 17.8. The van der Waals surface area contributed by atoms with Crippen LogP contribution in [0.5, 0.6) is 11.5 Å². The summed E-state index contributed by atoms with van der Waals surface area (Å²) in [6.45, 7) is -0.282. The topological polar surface area (TPSA) is 77.8 Å². The molecule has 0 aliphatic carbocycles. The molecule has 1 N–H and O–H groups in total. The van der Waals surface area contributed by atoms with Crippen LogP contribution in [0.4, 0.5) is 0 Å². The van der Waals surface area contributed by atoms with Crippen LogP contribution in [-0.2, 0) is 16.6 Å². The third kappa shape index (κ3) is 3.01. The molecule has 3 aromatic rings. The fourth-order valence-corrected chi connectivity index (χ4v) is 5.03. The highest BCUT2D eigenvalue weighted by molar-refractivity contribution is 9.10. The van der Waals surface area contributed by atoms with Crippen LogP contribution in [0.3, 0.4) is 0 Å². The highest BCUT2D eigenvalue weighted by Crippen LogP contribution is 2.33. The maximum absolute atomic E-state index is 13.1. The van der Waals surface area contributed by atoms with Crippen LogP contribution in [0.1, 0.15) is 5.56 Å². The summed E-state index contributed by atoms with van der Waals surface area (Å²) < 4.78 is 38.1. The molecule has 2 aromatic carbocycles. The first-order valence-corrected chi connectivity index (χ1v) is 9.53. The second-order valence-corrected chi connectivity index (χ2v) is 7.93. The zero-order chi connectivity index (χ0) is 18.2. The number of fused-ring (bicyclic) bond motifs is 1. The minimum atomic E-state index is -3.87. The van der Waals surface area contributed by atoms with Crippen molar-refractivity contribution < 1.29 is 23.0 Å². The van der Waals surface area contributed by atoms with Gasteiger partial charge < -0.3 is 14.6 Å². The second kappa shape index (κ2) is 6.70. The van der Waals surface area contributed by atoms with Gasteiger partial charge in [-0.05, 0) is 52.3 Å². The molecule has 0 aliphatic heterocycles. The molecule has 0 bridgehead atoms. The molecule has 8 heteroatoms. The maximum atomic E-state index is 13.1. The molecule has 1 aromatic heterocycles. The zero-order valence-corrected chi connectivity index (χ0v) is 16.0. The average molecular weight is 426 g/mol. The number of benzene rings is 2. The summed E-state index contributed by atoms with van der Waals surface area (Å²) in [6.07, 6.45) is 1.43. The summed E-state index contributed by atoms with van der Waals surface area (Å²) in [6, 6.07) is 9.69. The lowest BCUT2D eigenvalue weighted by atomic mass is 10.2. The van der Waals surface area contributed by atoms with Crippen molar-refractivity contribution in [2.45, 2.75) is 11.5 Å². The van der Waals surface area contributed by atoms with Crippen molar-refractivity contribution in [3.05, 3.63) is 52.6 Å². The van der Waals surface area contributed by atoms with Crippen molar-refractivity contribution >= 4 is 36.9 Å². The highest BCUT2D eigenvalue weighted by atomic mass is 79.9. The van der Waals surface area contributed by atoms with Crippen LogP contribution >= 0.6 is 15.9 Å². The van der Waals surface area contributed by atoms with E-state index in [0.717, 1.165) is 0 Å². The number of hydrogen-bond donors (Lipinski definition) is 1. The number of aliphatic hydroxyl groups is 1. The largest absolute Gasteiger partial charge is 0.497 e. The van der Waals surface area contributed by atoms with E-state index in [9.17, 15) is 13.5 Å². The third-order valence-corrected chi connectivity index (χ3v) is 6.56. The predicted molar refractivity (Wildman–Crippen MR) is 97.7 cm³/mol. The summed E-state index contributed by atoms with van der Waals surface area (Å²) in [5.74, 6) is 1.13. The molecule has 25 heavy (non-hydrogen) atoms. The summed E-state index contributed by atoms with van der Waals surface area (Å²) in [5.41, 5.74) is 0.967. The van der Waals surface area contributed by atoms with E-state index in [1.54, 1.807) is 30.3 Å². The monoisotopic (exact) mass is 425 g/mol. The Labute approximate surface area is 153 Å². The fourth-order valence-electron chi connectivity index (χ4n) is 2.62. The Kier molecular flexibility index (Phi) is 4.77. The van der Waals surface area contributed by atoms with Crippen LogP contribution < -0.4 is 9.47 Å². The summed E-state index contributed by atoms with van der Waals surface area (Å²) in [4.78, 5) is 0.102. The summed E-state index contributed by atoms with van der Waals surface area (Å²) >= 11 is 3.29. The van der Waals surface area contributed by atoms with Crippen LogP contribution in [-0.4, -0.2) is 31.7 Å². The summed E-state index contributed by atoms with van der Waals surface area (Å²) in [7, 11) is -0.828. The maximum Gasteiger partial charge on any atom is 0.269 e. The lowest BCUT2D eigenvalue weighted by molar-refractivity contribution is 0.283. The van der Waals surface area contributed by atoms with E-state index in [1.807, 2.05) is 0 Å². The van der Waals surface area contributed by atoms with E-state index in [0.29, 0.717) is 32.4 Å². The van der Waals surface area contributed by atoms with Gasteiger partial charge in [0.1, 0.15) is 16.4 Å². The molecule has 0 atom stereocenters. The van der Waals surface area contributed by atoms with Crippen molar-refractivity contribution in [2.75, 3.05) is 14.2 Å². The van der Waals surface area contributed by atoms with Gasteiger partial charge in [0.2, 0.25) is 0 Å². The Morgan fingerprint density at radius 2 is 1.72 bits per heavy atom. The molecule has 0 saturated carbocycles. The number of ether oxygens (including phenoxy) is 2. The van der Waals surface area contributed by atoms with Gasteiger partial charge in [0.25, 0.3) is 10.0 Å². The van der Waals surface area contributed by atoms with Gasteiger partial charge in [0.05, 0.1) is 26.3 Å². The number of rotatable bonds is 5. The van der Waals surface area contributed by atoms with Gasteiger partial charge in [-0.2, -0.15) is 0 Å². The molecule has 0 unspecified atom stereocenters. The summed E-state index contributed by atoms with van der Waals surface area (Å²) in [5, 5.41) is 10.2. The molecule has 0 saturated heterocycles. The number of nitrogens with zero attached hydrogens (tertiary/aromatic N) is 1. The molecule has 3 rings (SSSR count). The lowest BCUT2D eigenvalue weighted by Gasteiger charge is -2.11. The van der Waals surface area contributed by atoms with Crippen LogP contribution in [0.2, 0.25) is 0 Å². The second-order valence-electron chi connectivity index (χ2n) is 5.29. The number of hydrogen-bond acceptors (Lipinski definition) is 5. The normalized spacial score (nSPS) is 11.7. The average Bonchev–Trinajstić information content (AvgIpc) is 2.99. The Balaban J connectivity index is 2.24. The molecule has 0 radical (unpaired) electrons. The molecule has 1 heterocycles. The standard InChI is InChI=1S/C17H16BrNO5S/c1-23-12-3-5-16-14(7-12)11(10-20)9-19(16)25(21,22)17-6-4-13(24-2)8-15(17)18/h3-9,20H,10H2,1-2H3. The van der Waals surface area contributed by atoms with Gasteiger partial charge in [-0.15, -0.1) is 0 Å². The van der Waals surface area contributed by atoms with Gasteiger partial charge in [-0.25, -0.2) is 12.4 Å². The number of methoxy groups -OCH3 is 2. The van der Waals surface area contributed by atoms with Crippen molar-refractivity contribution in [1.29, 1.82) is 0 Å². The van der Waals surface area contributed by atoms with Crippen molar-refractivity contribution in [3.8, 4) is 11.5 Å². The minimum Gasteiger partial charge on any atom is -0.497 e. The molecule has 0 fully saturated rings. The smallest absolute Gasteiger partial charge is 0.269 e. The number of aromatic nitrogens is 1. The van der Waals surface area contributed by atoms with Crippen molar-refractivity contribution in [3.63, 3.8) is 0 Å². The fraction of sp³-hybridized carbons (Fsp3) is 0.176. The first-order valence-electron chi connectivity index (χ1n) is 7.30. The van der Waals surface area contributed by atoms with Gasteiger partial charge in [0.15, 0.2) is 0 Å². The number of aliphatic hydroxyl groups excluding tert-OH is 1. The highest BCUT2D eigenvalue weighted by Gasteiger charge is 2.24. The quantitative estimate of drug-likeness (QED) is 0.679. The van der Waals surface area contributed by atoms with Crippen LogP contribution in [0, 0.1) is 0 Å². The Morgan fingerprint density at radius 3 is 2.32 bits per heavy atom. The lowest BCUT2D eigenvalue weighted by Crippen LogP contribution is -2.12. The SMILES string of the molecule is COc1ccc(S(=O)(=O)n2cc(CO)c3cc(OC)ccc32)c(Br)c1. The number of halogens is 1. The van der Waals surface area contributed by atoms with Gasteiger partial charge in [0, 0.05) is 21.6 Å². The Bertz CT molecular complexity index is 1040. The Morgan fingerprint density at radius 1 is 1.08 bits per heavy atom. The van der Waals surface area contributed by atoms with Crippen LogP contribution in [0.25, 0.3) is 10.9 Å². The van der Waals surface area contributed by atoms with Crippen LogP contribution in [0.15, 0.2) is 52.0 Å². The molecular weight excluding hydrogens is 410 g/mol. The van der Waals surface area contributed by atoms with Gasteiger partial charge >= 0.3 is 0 Å². The molecule has 0 aliphatic rings. The van der Waals surface area contributed by atoms with Crippen molar-refractivity contribution in [1.82, 2.24) is 3.97 Å².